The maximum Gasteiger partial charge on any atom is 0.0523 e. The predicted octanol–water partition coefficient (Wildman–Crippen LogP) is 2.20. The zero-order chi connectivity index (χ0) is 11.4. The van der Waals surface area contributed by atoms with Gasteiger partial charge in [-0.3, -0.25) is 16.3 Å². The minimum Gasteiger partial charge on any atom is -0.271 e. The molecule has 1 unspecified atom stereocenters. The number of aromatic nitrogens is 1. The minimum absolute atomic E-state index is 0.139. The number of nitrogens with zero attached hydrogens (tertiary/aromatic N) is 1. The van der Waals surface area contributed by atoms with Crippen molar-refractivity contribution >= 4 is 11.3 Å². The molecule has 2 aromatic rings. The Balaban J connectivity index is 2.12. The zero-order valence-electron chi connectivity index (χ0n) is 9.18. The van der Waals surface area contributed by atoms with Crippen LogP contribution in [-0.4, -0.2) is 4.98 Å². The largest absolute Gasteiger partial charge is 0.271 e. The van der Waals surface area contributed by atoms with Crippen LogP contribution >= 0.6 is 11.3 Å². The second-order valence-electron chi connectivity index (χ2n) is 3.74. The normalized spacial score (nSPS) is 12.6. The Morgan fingerprint density at radius 3 is 2.94 bits per heavy atom. The van der Waals surface area contributed by atoms with Crippen LogP contribution in [0.5, 0.6) is 0 Å². The highest BCUT2D eigenvalue weighted by Gasteiger charge is 2.12. The monoisotopic (exact) mass is 233 g/mol. The van der Waals surface area contributed by atoms with Crippen molar-refractivity contribution < 1.29 is 0 Å². The van der Waals surface area contributed by atoms with Gasteiger partial charge in [-0.15, -0.1) is 11.3 Å². The first-order valence-corrected chi connectivity index (χ1v) is 6.08. The van der Waals surface area contributed by atoms with E-state index in [0.717, 1.165) is 12.1 Å². The van der Waals surface area contributed by atoms with E-state index in [9.17, 15) is 0 Å². The molecule has 0 aromatic carbocycles. The Labute approximate surface area is 99.3 Å². The van der Waals surface area contributed by atoms with Crippen molar-refractivity contribution in [3.8, 4) is 0 Å². The third kappa shape index (κ3) is 2.66. The van der Waals surface area contributed by atoms with Crippen molar-refractivity contribution in [2.75, 3.05) is 0 Å². The summed E-state index contributed by atoms with van der Waals surface area (Å²) < 4.78 is 0. The van der Waals surface area contributed by atoms with Crippen molar-refractivity contribution in [3.63, 3.8) is 0 Å². The molecule has 0 fully saturated rings. The highest BCUT2D eigenvalue weighted by molar-refractivity contribution is 7.10. The second kappa shape index (κ2) is 5.21. The van der Waals surface area contributed by atoms with Crippen LogP contribution < -0.4 is 11.3 Å². The van der Waals surface area contributed by atoms with Gasteiger partial charge in [-0.1, -0.05) is 6.07 Å². The molecule has 0 radical (unpaired) electrons. The van der Waals surface area contributed by atoms with Crippen LogP contribution in [0, 0.1) is 6.92 Å². The molecule has 4 heteroatoms. The van der Waals surface area contributed by atoms with E-state index >= 15 is 0 Å². The Hall–Kier alpha value is -1.23. The third-order valence-corrected chi connectivity index (χ3v) is 3.37. The predicted molar refractivity (Wildman–Crippen MR) is 67.1 cm³/mol. The van der Waals surface area contributed by atoms with E-state index in [1.165, 1.54) is 10.4 Å². The third-order valence-electron chi connectivity index (χ3n) is 2.49. The first-order valence-electron chi connectivity index (χ1n) is 5.20. The Bertz CT molecular complexity index is 439. The van der Waals surface area contributed by atoms with Crippen LogP contribution in [0.1, 0.15) is 22.2 Å². The van der Waals surface area contributed by atoms with Crippen LogP contribution in [0.15, 0.2) is 35.8 Å². The number of hydrogen-bond donors (Lipinski definition) is 2. The Morgan fingerprint density at radius 1 is 1.50 bits per heavy atom. The fraction of sp³-hybridized carbons (Fsp3) is 0.250. The summed E-state index contributed by atoms with van der Waals surface area (Å²) in [4.78, 5) is 5.61. The van der Waals surface area contributed by atoms with E-state index in [1.807, 2.05) is 24.4 Å². The summed E-state index contributed by atoms with van der Waals surface area (Å²) in [6.45, 7) is 2.10. The summed E-state index contributed by atoms with van der Waals surface area (Å²) in [6, 6.07) is 8.24. The summed E-state index contributed by atoms with van der Waals surface area (Å²) in [5.74, 6) is 5.59. The maximum absolute atomic E-state index is 5.59. The zero-order valence-corrected chi connectivity index (χ0v) is 10.00. The first-order chi connectivity index (χ1) is 7.79. The van der Waals surface area contributed by atoms with E-state index in [4.69, 9.17) is 5.84 Å². The molecule has 0 aliphatic carbocycles. The molecular weight excluding hydrogens is 218 g/mol. The molecule has 0 saturated heterocycles. The number of pyridine rings is 1. The van der Waals surface area contributed by atoms with Gasteiger partial charge in [-0.05, 0) is 36.1 Å². The van der Waals surface area contributed by atoms with Crippen molar-refractivity contribution in [2.24, 2.45) is 5.84 Å². The quantitative estimate of drug-likeness (QED) is 0.629. The molecule has 1 atom stereocenters. The van der Waals surface area contributed by atoms with Gasteiger partial charge in [0.2, 0.25) is 0 Å². The summed E-state index contributed by atoms with van der Waals surface area (Å²) in [5.41, 5.74) is 5.13. The molecule has 0 aliphatic heterocycles. The highest BCUT2D eigenvalue weighted by atomic mass is 32.1. The average Bonchev–Trinajstić information content (AvgIpc) is 2.74. The Morgan fingerprint density at radius 2 is 2.38 bits per heavy atom. The van der Waals surface area contributed by atoms with Crippen LogP contribution in [0.4, 0.5) is 0 Å². The lowest BCUT2D eigenvalue weighted by Crippen LogP contribution is -2.29. The molecule has 0 bridgehead atoms. The van der Waals surface area contributed by atoms with Gasteiger partial charge >= 0.3 is 0 Å². The molecule has 84 valence electrons. The van der Waals surface area contributed by atoms with Crippen molar-refractivity contribution in [2.45, 2.75) is 19.4 Å². The minimum atomic E-state index is 0.139. The summed E-state index contributed by atoms with van der Waals surface area (Å²) in [5, 5.41) is 2.14. The molecule has 0 spiro atoms. The average molecular weight is 233 g/mol. The summed E-state index contributed by atoms with van der Waals surface area (Å²) in [7, 11) is 0. The van der Waals surface area contributed by atoms with Gasteiger partial charge in [0.15, 0.2) is 0 Å². The van der Waals surface area contributed by atoms with E-state index in [0.29, 0.717) is 0 Å². The fourth-order valence-corrected chi connectivity index (χ4v) is 2.41. The summed E-state index contributed by atoms with van der Waals surface area (Å²) in [6.07, 6.45) is 2.62. The number of aryl methyl sites for hydroxylation is 1. The lowest BCUT2D eigenvalue weighted by molar-refractivity contribution is 0.547. The van der Waals surface area contributed by atoms with Gasteiger partial charge < -0.3 is 0 Å². The van der Waals surface area contributed by atoms with Gasteiger partial charge in [0, 0.05) is 23.2 Å². The van der Waals surface area contributed by atoms with Gasteiger partial charge in [0.05, 0.1) is 6.04 Å². The van der Waals surface area contributed by atoms with Crippen LogP contribution in [-0.2, 0) is 6.42 Å². The van der Waals surface area contributed by atoms with Crippen molar-refractivity contribution in [3.05, 3.63) is 52.0 Å². The standard InChI is InChI=1S/C12H15N3S/c1-9-6-10(8-16-9)12(15-13)7-11-4-2-3-5-14-11/h2-6,8,12,15H,7,13H2,1H3. The lowest BCUT2D eigenvalue weighted by atomic mass is 10.1. The van der Waals surface area contributed by atoms with Gasteiger partial charge in [0.1, 0.15) is 0 Å². The van der Waals surface area contributed by atoms with Crippen LogP contribution in [0.2, 0.25) is 0 Å². The SMILES string of the molecule is Cc1cc(C(Cc2ccccn2)NN)cs1. The van der Waals surface area contributed by atoms with Gasteiger partial charge in [0.25, 0.3) is 0 Å². The van der Waals surface area contributed by atoms with E-state index in [2.05, 4.69) is 28.8 Å². The topological polar surface area (TPSA) is 50.9 Å². The van der Waals surface area contributed by atoms with E-state index in [-0.39, 0.29) is 6.04 Å². The van der Waals surface area contributed by atoms with E-state index in [1.54, 1.807) is 11.3 Å². The smallest absolute Gasteiger partial charge is 0.0523 e. The second-order valence-corrected chi connectivity index (χ2v) is 4.85. The number of nitrogens with two attached hydrogens (primary N) is 1. The molecule has 0 aliphatic rings. The molecule has 16 heavy (non-hydrogen) atoms. The van der Waals surface area contributed by atoms with Crippen molar-refractivity contribution in [1.29, 1.82) is 0 Å². The number of hydrazine groups is 1. The van der Waals surface area contributed by atoms with E-state index < -0.39 is 0 Å². The highest BCUT2D eigenvalue weighted by Crippen LogP contribution is 2.22. The maximum atomic E-state index is 5.59. The van der Waals surface area contributed by atoms with Crippen LogP contribution in [0.25, 0.3) is 0 Å². The van der Waals surface area contributed by atoms with Gasteiger partial charge in [-0.25, -0.2) is 0 Å². The summed E-state index contributed by atoms with van der Waals surface area (Å²) >= 11 is 1.74. The molecule has 2 rings (SSSR count). The fourth-order valence-electron chi connectivity index (χ4n) is 1.65. The molecule has 0 amide bonds. The molecule has 3 N–H and O–H groups in total. The Kier molecular flexibility index (Phi) is 3.66. The first kappa shape index (κ1) is 11.3. The molecular formula is C12H15N3S. The molecule has 2 aromatic heterocycles. The molecule has 0 saturated carbocycles. The molecule has 2 heterocycles. The van der Waals surface area contributed by atoms with Crippen LogP contribution in [0.3, 0.4) is 0 Å². The number of hydrogen-bond acceptors (Lipinski definition) is 4. The number of thiophene rings is 1. The number of rotatable bonds is 4. The van der Waals surface area contributed by atoms with Crippen molar-refractivity contribution in [1.82, 2.24) is 10.4 Å². The van der Waals surface area contributed by atoms with Gasteiger partial charge in [-0.2, -0.15) is 0 Å². The number of nitrogens with one attached hydrogen (secondary N) is 1. The molecule has 3 nitrogen and oxygen atoms in total. The lowest BCUT2D eigenvalue weighted by Gasteiger charge is -2.13.